The van der Waals surface area contributed by atoms with Crippen LogP contribution in [0.2, 0.25) is 0 Å². The van der Waals surface area contributed by atoms with Crippen molar-refractivity contribution in [1.82, 2.24) is 0 Å². The highest BCUT2D eigenvalue weighted by Crippen LogP contribution is 2.40. The summed E-state index contributed by atoms with van der Waals surface area (Å²) < 4.78 is 0. The van der Waals surface area contributed by atoms with Crippen LogP contribution in [0.15, 0.2) is 12.2 Å². The summed E-state index contributed by atoms with van der Waals surface area (Å²) in [5, 5.41) is 0. The maximum absolute atomic E-state index is 6.63. The molecular weight excluding hydrogens is 208 g/mol. The molecule has 1 unspecified atom stereocenters. The summed E-state index contributed by atoms with van der Waals surface area (Å²) in [6.07, 6.45) is 8.30. The van der Waals surface area contributed by atoms with E-state index in [4.69, 9.17) is 11.5 Å². The molecule has 0 radical (unpaired) electrons. The van der Waals surface area contributed by atoms with Gasteiger partial charge in [0.15, 0.2) is 0 Å². The van der Waals surface area contributed by atoms with Crippen LogP contribution in [0.5, 0.6) is 0 Å². The first-order valence-corrected chi connectivity index (χ1v) is 6.77. The Morgan fingerprint density at radius 3 is 1.94 bits per heavy atom. The lowest BCUT2D eigenvalue weighted by Gasteiger charge is -2.47. The van der Waals surface area contributed by atoms with Crippen molar-refractivity contribution in [2.24, 2.45) is 16.9 Å². The second-order valence-corrected chi connectivity index (χ2v) is 6.67. The zero-order valence-corrected chi connectivity index (χ0v) is 12.6. The minimum Gasteiger partial charge on any atom is -0.326 e. The van der Waals surface area contributed by atoms with E-state index in [0.717, 1.165) is 25.7 Å². The van der Waals surface area contributed by atoms with E-state index >= 15 is 0 Å². The van der Waals surface area contributed by atoms with Crippen LogP contribution in [0, 0.1) is 5.41 Å². The van der Waals surface area contributed by atoms with Crippen molar-refractivity contribution in [3.05, 3.63) is 12.2 Å². The molecule has 0 fully saturated rings. The van der Waals surface area contributed by atoms with Crippen LogP contribution in [-0.4, -0.2) is 11.1 Å². The van der Waals surface area contributed by atoms with Crippen LogP contribution in [0.25, 0.3) is 0 Å². The monoisotopic (exact) mass is 240 g/mol. The Hall–Kier alpha value is -0.340. The van der Waals surface area contributed by atoms with Gasteiger partial charge in [0.1, 0.15) is 0 Å². The first-order chi connectivity index (χ1) is 7.58. The fourth-order valence-electron chi connectivity index (χ4n) is 2.82. The van der Waals surface area contributed by atoms with Gasteiger partial charge in [-0.15, -0.1) is 0 Å². The van der Waals surface area contributed by atoms with Crippen molar-refractivity contribution in [2.45, 2.75) is 78.3 Å². The Morgan fingerprint density at radius 2 is 1.59 bits per heavy atom. The van der Waals surface area contributed by atoms with Crippen molar-refractivity contribution in [2.75, 3.05) is 0 Å². The number of allylic oxidation sites excluding steroid dienone is 2. The van der Waals surface area contributed by atoms with Crippen LogP contribution in [0.1, 0.15) is 67.2 Å². The van der Waals surface area contributed by atoms with Gasteiger partial charge in [0, 0.05) is 11.1 Å². The molecular formula is C15H32N2. The molecule has 0 aromatic heterocycles. The van der Waals surface area contributed by atoms with Gasteiger partial charge in [-0.3, -0.25) is 0 Å². The molecule has 0 aliphatic carbocycles. The molecule has 0 bridgehead atoms. The number of hydrogen-bond donors (Lipinski definition) is 2. The van der Waals surface area contributed by atoms with Crippen LogP contribution in [-0.2, 0) is 0 Å². The summed E-state index contributed by atoms with van der Waals surface area (Å²) in [7, 11) is 0. The zero-order valence-electron chi connectivity index (χ0n) is 12.6. The van der Waals surface area contributed by atoms with Gasteiger partial charge in [-0.25, -0.2) is 0 Å². The van der Waals surface area contributed by atoms with E-state index in [1.807, 2.05) is 0 Å². The lowest BCUT2D eigenvalue weighted by atomic mass is 9.64. The van der Waals surface area contributed by atoms with Crippen molar-refractivity contribution in [3.8, 4) is 0 Å². The lowest BCUT2D eigenvalue weighted by molar-refractivity contribution is 0.108. The van der Waals surface area contributed by atoms with E-state index in [-0.39, 0.29) is 16.5 Å². The predicted molar refractivity (Wildman–Crippen MR) is 77.9 cm³/mol. The summed E-state index contributed by atoms with van der Waals surface area (Å²) in [6.45, 7) is 12.9. The quantitative estimate of drug-likeness (QED) is 0.668. The Bertz CT molecular complexity index is 248. The Balaban J connectivity index is 4.80. The first-order valence-electron chi connectivity index (χ1n) is 6.77. The second-order valence-electron chi connectivity index (χ2n) is 6.67. The molecule has 0 aromatic rings. The fourth-order valence-corrected chi connectivity index (χ4v) is 2.82. The van der Waals surface area contributed by atoms with Gasteiger partial charge in [0.05, 0.1) is 0 Å². The topological polar surface area (TPSA) is 52.0 Å². The first kappa shape index (κ1) is 16.7. The Morgan fingerprint density at radius 1 is 1.06 bits per heavy atom. The van der Waals surface area contributed by atoms with Gasteiger partial charge >= 0.3 is 0 Å². The highest BCUT2D eigenvalue weighted by molar-refractivity contribution is 5.01. The molecule has 4 N–H and O–H groups in total. The molecule has 0 aromatic carbocycles. The molecule has 2 heteroatoms. The number of rotatable bonds is 7. The molecule has 102 valence electrons. The smallest absolute Gasteiger partial charge is 0.0207 e. The standard InChI is InChI=1S/C15H32N2/c1-7-9-10-11-15(17,8-2)13(3,4)12-14(5,6)16/h7,9H,8,10-12,16-17H2,1-6H3. The maximum Gasteiger partial charge on any atom is 0.0207 e. The third-order valence-electron chi connectivity index (χ3n) is 3.87. The molecule has 0 rings (SSSR count). The molecule has 0 amide bonds. The van der Waals surface area contributed by atoms with Crippen molar-refractivity contribution >= 4 is 0 Å². The molecule has 0 saturated carbocycles. The van der Waals surface area contributed by atoms with Crippen LogP contribution in [0.3, 0.4) is 0 Å². The number of hydrogen-bond acceptors (Lipinski definition) is 2. The summed E-state index contributed by atoms with van der Waals surface area (Å²) in [5.74, 6) is 0. The number of nitrogens with two attached hydrogens (primary N) is 2. The Labute approximate surface area is 108 Å². The normalized spacial score (nSPS) is 17.4. The molecule has 0 heterocycles. The molecule has 0 saturated heterocycles. The lowest BCUT2D eigenvalue weighted by Crippen LogP contribution is -2.55. The largest absolute Gasteiger partial charge is 0.326 e. The molecule has 17 heavy (non-hydrogen) atoms. The molecule has 1 atom stereocenters. The van der Waals surface area contributed by atoms with E-state index in [9.17, 15) is 0 Å². The SMILES string of the molecule is CC=CCCC(N)(CC)C(C)(C)CC(C)(C)N. The molecule has 2 nitrogen and oxygen atoms in total. The van der Waals surface area contributed by atoms with Crippen LogP contribution < -0.4 is 11.5 Å². The van der Waals surface area contributed by atoms with E-state index in [0.29, 0.717) is 0 Å². The van der Waals surface area contributed by atoms with Crippen molar-refractivity contribution in [1.29, 1.82) is 0 Å². The van der Waals surface area contributed by atoms with Gasteiger partial charge in [-0.1, -0.05) is 32.9 Å². The third-order valence-corrected chi connectivity index (χ3v) is 3.87. The van der Waals surface area contributed by atoms with Crippen molar-refractivity contribution in [3.63, 3.8) is 0 Å². The minimum atomic E-state index is -0.163. The predicted octanol–water partition coefficient (Wildman–Crippen LogP) is 3.60. The second kappa shape index (κ2) is 6.01. The van der Waals surface area contributed by atoms with Crippen LogP contribution in [0.4, 0.5) is 0 Å². The Kier molecular flexibility index (Phi) is 5.89. The van der Waals surface area contributed by atoms with Crippen molar-refractivity contribution < 1.29 is 0 Å². The maximum atomic E-state index is 6.63. The highest BCUT2D eigenvalue weighted by atomic mass is 14.8. The van der Waals surface area contributed by atoms with Gasteiger partial charge in [0.25, 0.3) is 0 Å². The van der Waals surface area contributed by atoms with Gasteiger partial charge in [-0.05, 0) is 51.9 Å². The molecule has 0 spiro atoms. The zero-order chi connectivity index (χ0) is 13.7. The average Bonchev–Trinajstić information content (AvgIpc) is 2.14. The summed E-state index contributed by atoms with van der Waals surface area (Å²) >= 11 is 0. The minimum absolute atomic E-state index is 0.0571. The van der Waals surface area contributed by atoms with Gasteiger partial charge in [-0.2, -0.15) is 0 Å². The van der Waals surface area contributed by atoms with E-state index in [2.05, 4.69) is 53.7 Å². The van der Waals surface area contributed by atoms with E-state index in [1.54, 1.807) is 0 Å². The molecule has 0 aliphatic rings. The van der Waals surface area contributed by atoms with E-state index in [1.165, 1.54) is 0 Å². The molecule has 0 aliphatic heterocycles. The average molecular weight is 240 g/mol. The summed E-state index contributed by atoms with van der Waals surface area (Å²) in [5.41, 5.74) is 12.6. The van der Waals surface area contributed by atoms with Gasteiger partial charge in [0.2, 0.25) is 0 Å². The third kappa shape index (κ3) is 5.22. The highest BCUT2D eigenvalue weighted by Gasteiger charge is 2.41. The van der Waals surface area contributed by atoms with E-state index < -0.39 is 0 Å². The summed E-state index contributed by atoms with van der Waals surface area (Å²) in [6, 6.07) is 0. The van der Waals surface area contributed by atoms with Gasteiger partial charge < -0.3 is 11.5 Å². The fraction of sp³-hybridized carbons (Fsp3) is 0.867. The van der Waals surface area contributed by atoms with Crippen LogP contribution >= 0.6 is 0 Å². The summed E-state index contributed by atoms with van der Waals surface area (Å²) in [4.78, 5) is 0.